The normalized spacial score (nSPS) is 10.5. The Morgan fingerprint density at radius 3 is 2.40 bits per heavy atom. The number of para-hydroxylation sites is 1. The Hall–Kier alpha value is -4.73. The maximum absolute atomic E-state index is 13.3. The van der Waals surface area contributed by atoms with Crippen LogP contribution in [-0.2, 0) is 9.53 Å². The van der Waals surface area contributed by atoms with Crippen LogP contribution in [0.3, 0.4) is 0 Å². The topological polar surface area (TPSA) is 128 Å². The summed E-state index contributed by atoms with van der Waals surface area (Å²) in [5, 5.41) is 13.9. The van der Waals surface area contributed by atoms with Crippen molar-refractivity contribution in [3.63, 3.8) is 0 Å². The van der Waals surface area contributed by atoms with E-state index in [1.165, 1.54) is 23.1 Å². The van der Waals surface area contributed by atoms with E-state index >= 15 is 0 Å². The minimum Gasteiger partial charge on any atom is -0.491 e. The maximum Gasteiger partial charge on any atom is 0.305 e. The highest BCUT2D eigenvalue weighted by Crippen LogP contribution is 2.30. The average molecular weight is 548 g/mol. The molecule has 210 valence electrons. The van der Waals surface area contributed by atoms with Crippen molar-refractivity contribution in [1.82, 2.24) is 0 Å². The fraction of sp³-hybridized carbons (Fsp3) is 0.300. The number of unbranched alkanes of at least 4 members (excludes halogenated alkanes) is 2. The Labute approximate surface area is 233 Å². The SMILES string of the molecule is CCOC(=O)CCCCCOc1cc(C)ccc1N(C)C(=O)c1ccc(NC(=O)c2ccccc2[N+](=O)[O-])cc1. The van der Waals surface area contributed by atoms with Gasteiger partial charge in [0.2, 0.25) is 0 Å². The van der Waals surface area contributed by atoms with Crippen LogP contribution in [0.2, 0.25) is 0 Å². The number of aryl methyl sites for hydroxylation is 1. The number of ether oxygens (including phenoxy) is 2. The van der Waals surface area contributed by atoms with E-state index in [1.807, 2.05) is 25.1 Å². The third kappa shape index (κ3) is 8.13. The average Bonchev–Trinajstić information content (AvgIpc) is 2.94. The molecule has 0 aliphatic rings. The summed E-state index contributed by atoms with van der Waals surface area (Å²) in [5.41, 5.74) is 2.03. The Morgan fingerprint density at radius 1 is 0.975 bits per heavy atom. The highest BCUT2D eigenvalue weighted by atomic mass is 16.6. The highest BCUT2D eigenvalue weighted by molar-refractivity contribution is 6.08. The van der Waals surface area contributed by atoms with E-state index in [-0.39, 0.29) is 23.1 Å². The Bertz CT molecular complexity index is 1360. The summed E-state index contributed by atoms with van der Waals surface area (Å²) in [7, 11) is 1.66. The van der Waals surface area contributed by atoms with Gasteiger partial charge < -0.3 is 19.7 Å². The fourth-order valence-corrected chi connectivity index (χ4v) is 4.00. The first-order valence-electron chi connectivity index (χ1n) is 13.0. The molecule has 0 unspecified atom stereocenters. The number of nitro groups is 1. The Balaban J connectivity index is 1.62. The van der Waals surface area contributed by atoms with Crippen molar-refractivity contribution in [2.45, 2.75) is 39.5 Å². The van der Waals surface area contributed by atoms with E-state index in [0.29, 0.717) is 42.3 Å². The first kappa shape index (κ1) is 29.8. The number of benzene rings is 3. The standard InChI is InChI=1S/C30H33N3O7/c1-4-39-28(34)12-6-5-9-19-40-27-20-21(2)13-18-26(27)32(3)30(36)22-14-16-23(17-15-22)31-29(35)24-10-7-8-11-25(24)33(37)38/h7-8,10-11,13-18,20H,4-6,9,12,19H2,1-3H3,(H,31,35). The zero-order valence-electron chi connectivity index (χ0n) is 22.8. The zero-order valence-corrected chi connectivity index (χ0v) is 22.8. The minimum absolute atomic E-state index is 0.0571. The maximum atomic E-state index is 13.3. The third-order valence-corrected chi connectivity index (χ3v) is 6.10. The quantitative estimate of drug-likeness (QED) is 0.121. The van der Waals surface area contributed by atoms with Gasteiger partial charge in [-0.15, -0.1) is 0 Å². The first-order valence-corrected chi connectivity index (χ1v) is 13.0. The molecule has 3 rings (SSSR count). The van der Waals surface area contributed by atoms with Crippen LogP contribution < -0.4 is 15.0 Å². The van der Waals surface area contributed by atoms with Gasteiger partial charge in [-0.1, -0.05) is 18.2 Å². The predicted molar refractivity (Wildman–Crippen MR) is 152 cm³/mol. The molecule has 1 N–H and O–H groups in total. The molecule has 0 saturated carbocycles. The van der Waals surface area contributed by atoms with Gasteiger partial charge in [-0.3, -0.25) is 24.5 Å². The molecule has 0 fully saturated rings. The fourth-order valence-electron chi connectivity index (χ4n) is 4.00. The third-order valence-electron chi connectivity index (χ3n) is 6.10. The van der Waals surface area contributed by atoms with Crippen LogP contribution in [-0.4, -0.2) is 43.0 Å². The number of hydrogen-bond acceptors (Lipinski definition) is 7. The van der Waals surface area contributed by atoms with Gasteiger partial charge in [-0.05, 0) is 81.1 Å². The van der Waals surface area contributed by atoms with Crippen molar-refractivity contribution in [1.29, 1.82) is 0 Å². The molecule has 3 aromatic rings. The smallest absolute Gasteiger partial charge is 0.305 e. The second-order valence-electron chi connectivity index (χ2n) is 9.11. The van der Waals surface area contributed by atoms with Crippen molar-refractivity contribution < 1.29 is 28.8 Å². The van der Waals surface area contributed by atoms with Crippen molar-refractivity contribution in [2.75, 3.05) is 30.5 Å². The molecule has 0 atom stereocenters. The van der Waals surface area contributed by atoms with Gasteiger partial charge in [0.25, 0.3) is 17.5 Å². The molecular weight excluding hydrogens is 514 g/mol. The van der Waals surface area contributed by atoms with Crippen molar-refractivity contribution in [3.05, 3.63) is 93.5 Å². The number of carbonyl (C=O) groups excluding carboxylic acids is 3. The number of hydrogen-bond donors (Lipinski definition) is 1. The van der Waals surface area contributed by atoms with Gasteiger partial charge >= 0.3 is 5.97 Å². The molecule has 0 heterocycles. The lowest BCUT2D eigenvalue weighted by Gasteiger charge is -2.21. The molecule has 3 aromatic carbocycles. The molecule has 10 nitrogen and oxygen atoms in total. The Kier molecular flexibility index (Phi) is 10.8. The van der Waals surface area contributed by atoms with Crippen molar-refractivity contribution in [3.8, 4) is 5.75 Å². The highest BCUT2D eigenvalue weighted by Gasteiger charge is 2.20. The lowest BCUT2D eigenvalue weighted by atomic mass is 10.1. The molecule has 0 aromatic heterocycles. The zero-order chi connectivity index (χ0) is 29.1. The number of nitro benzene ring substituents is 1. The molecule has 40 heavy (non-hydrogen) atoms. The van der Waals surface area contributed by atoms with E-state index in [1.54, 1.807) is 44.3 Å². The molecular formula is C30H33N3O7. The second kappa shape index (κ2) is 14.4. The van der Waals surface area contributed by atoms with Crippen molar-refractivity contribution in [2.24, 2.45) is 0 Å². The number of amides is 2. The minimum atomic E-state index is -0.620. The Morgan fingerprint density at radius 2 is 1.70 bits per heavy atom. The van der Waals surface area contributed by atoms with E-state index in [0.717, 1.165) is 24.8 Å². The van der Waals surface area contributed by atoms with E-state index < -0.39 is 10.8 Å². The lowest BCUT2D eigenvalue weighted by molar-refractivity contribution is -0.385. The molecule has 0 bridgehead atoms. The summed E-state index contributed by atoms with van der Waals surface area (Å²) in [6, 6.07) is 17.6. The molecule has 0 radical (unpaired) electrons. The number of nitrogens with zero attached hydrogens (tertiary/aromatic N) is 2. The number of anilines is 2. The molecule has 0 saturated heterocycles. The van der Waals surface area contributed by atoms with Gasteiger partial charge in [-0.25, -0.2) is 0 Å². The van der Waals surface area contributed by atoms with E-state index in [2.05, 4.69) is 5.32 Å². The largest absolute Gasteiger partial charge is 0.491 e. The molecule has 10 heteroatoms. The van der Waals surface area contributed by atoms with Crippen LogP contribution in [0.25, 0.3) is 0 Å². The summed E-state index contributed by atoms with van der Waals surface area (Å²) in [5.74, 6) is -0.514. The monoisotopic (exact) mass is 547 g/mol. The van der Waals surface area contributed by atoms with Gasteiger partial charge in [-0.2, -0.15) is 0 Å². The van der Waals surface area contributed by atoms with Crippen LogP contribution in [0.1, 0.15) is 58.9 Å². The van der Waals surface area contributed by atoms with Crippen LogP contribution >= 0.6 is 0 Å². The van der Waals surface area contributed by atoms with Crippen LogP contribution in [0.15, 0.2) is 66.7 Å². The van der Waals surface area contributed by atoms with Gasteiger partial charge in [0.15, 0.2) is 0 Å². The summed E-state index contributed by atoms with van der Waals surface area (Å²) in [4.78, 5) is 49.4. The number of nitrogens with one attached hydrogen (secondary N) is 1. The molecule has 2 amide bonds. The lowest BCUT2D eigenvalue weighted by Crippen LogP contribution is -2.27. The summed E-state index contributed by atoms with van der Waals surface area (Å²) < 4.78 is 10.9. The first-order chi connectivity index (χ1) is 19.2. The summed E-state index contributed by atoms with van der Waals surface area (Å²) >= 11 is 0. The van der Waals surface area contributed by atoms with Crippen LogP contribution in [0.5, 0.6) is 5.75 Å². The van der Waals surface area contributed by atoms with Gasteiger partial charge in [0.1, 0.15) is 11.3 Å². The molecule has 0 aliphatic carbocycles. The molecule has 0 aliphatic heterocycles. The van der Waals surface area contributed by atoms with Crippen molar-refractivity contribution >= 4 is 34.8 Å². The summed E-state index contributed by atoms with van der Waals surface area (Å²) in [6.45, 7) is 4.54. The number of rotatable bonds is 13. The van der Waals surface area contributed by atoms with Gasteiger partial charge in [0, 0.05) is 30.8 Å². The van der Waals surface area contributed by atoms with Crippen LogP contribution in [0.4, 0.5) is 17.1 Å². The van der Waals surface area contributed by atoms with E-state index in [4.69, 9.17) is 9.47 Å². The molecule has 0 spiro atoms. The van der Waals surface area contributed by atoms with Gasteiger partial charge in [0.05, 0.1) is 23.8 Å². The number of esters is 1. The van der Waals surface area contributed by atoms with Crippen LogP contribution in [0, 0.1) is 17.0 Å². The number of carbonyl (C=O) groups is 3. The summed E-state index contributed by atoms with van der Waals surface area (Å²) in [6.07, 6.45) is 2.67. The second-order valence-corrected chi connectivity index (χ2v) is 9.11. The predicted octanol–water partition coefficient (Wildman–Crippen LogP) is 5.93. The van der Waals surface area contributed by atoms with E-state index in [9.17, 15) is 24.5 Å².